The van der Waals surface area contributed by atoms with Crippen LogP contribution in [0.5, 0.6) is 0 Å². The number of ether oxygens (including phenoxy) is 1. The van der Waals surface area contributed by atoms with E-state index in [4.69, 9.17) is 4.74 Å². The molecule has 2 atom stereocenters. The molecule has 2 aliphatic rings. The first-order valence-electron chi connectivity index (χ1n) is 10.4. The molecule has 0 radical (unpaired) electrons. The number of fused-ring (bicyclic) bond motifs is 1. The van der Waals surface area contributed by atoms with E-state index in [2.05, 4.69) is 5.32 Å². The summed E-state index contributed by atoms with van der Waals surface area (Å²) in [5, 5.41) is 2.15. The van der Waals surface area contributed by atoms with Gasteiger partial charge in [-0.1, -0.05) is 18.2 Å². The SMILES string of the molecule is Cc1cccc(C)c1N1C[C@]2(C(=O)Nc3cc(C(F)(F)F)cc(C(F)(F)F)c3)OCC[C@@H]2C1=O. The maximum absolute atomic E-state index is 13.3. The lowest BCUT2D eigenvalue weighted by molar-refractivity contribution is -0.143. The van der Waals surface area contributed by atoms with Crippen molar-refractivity contribution in [3.63, 3.8) is 0 Å². The van der Waals surface area contributed by atoms with E-state index in [1.165, 1.54) is 4.90 Å². The molecule has 2 aliphatic heterocycles. The van der Waals surface area contributed by atoms with E-state index >= 15 is 0 Å². The molecule has 2 aromatic carbocycles. The van der Waals surface area contributed by atoms with Crippen LogP contribution >= 0.6 is 0 Å². The Labute approximate surface area is 190 Å². The van der Waals surface area contributed by atoms with Crippen LogP contribution in [0.25, 0.3) is 0 Å². The second-order valence-corrected chi connectivity index (χ2v) is 8.49. The van der Waals surface area contributed by atoms with Gasteiger partial charge >= 0.3 is 12.4 Å². The summed E-state index contributed by atoms with van der Waals surface area (Å²) in [6.07, 6.45) is -9.92. The zero-order valence-electron chi connectivity index (χ0n) is 18.1. The molecule has 2 amide bonds. The molecule has 0 aliphatic carbocycles. The monoisotopic (exact) mass is 486 g/mol. The summed E-state index contributed by atoms with van der Waals surface area (Å²) >= 11 is 0. The maximum atomic E-state index is 13.3. The third-order valence-electron chi connectivity index (χ3n) is 6.23. The minimum absolute atomic E-state index is 0.0232. The minimum atomic E-state index is -5.06. The van der Waals surface area contributed by atoms with Gasteiger partial charge in [-0.15, -0.1) is 0 Å². The van der Waals surface area contributed by atoms with Crippen molar-refractivity contribution in [3.05, 3.63) is 58.7 Å². The Bertz CT molecular complexity index is 1110. The summed E-state index contributed by atoms with van der Waals surface area (Å²) in [7, 11) is 0. The fourth-order valence-corrected chi connectivity index (χ4v) is 4.65. The first-order chi connectivity index (χ1) is 15.7. The first kappa shape index (κ1) is 24.1. The second-order valence-electron chi connectivity index (χ2n) is 8.49. The smallest absolute Gasteiger partial charge is 0.362 e. The van der Waals surface area contributed by atoms with Crippen molar-refractivity contribution in [2.75, 3.05) is 23.4 Å². The fourth-order valence-electron chi connectivity index (χ4n) is 4.65. The van der Waals surface area contributed by atoms with E-state index in [-0.39, 0.29) is 31.5 Å². The van der Waals surface area contributed by atoms with Crippen molar-refractivity contribution in [1.29, 1.82) is 0 Å². The molecule has 34 heavy (non-hydrogen) atoms. The number of carbonyl (C=O) groups excluding carboxylic acids is 2. The Kier molecular flexibility index (Phi) is 5.66. The first-order valence-corrected chi connectivity index (χ1v) is 10.4. The van der Waals surface area contributed by atoms with Gasteiger partial charge in [0.25, 0.3) is 5.91 Å². The number of anilines is 2. The average molecular weight is 486 g/mol. The standard InChI is InChI=1S/C23H20F6N2O3/c1-12-4-3-5-13(2)18(12)31-11-21(17(19(31)32)6-7-34-21)20(33)30-16-9-14(22(24,25)26)8-15(10-16)23(27,28)29/h3-5,8-10,17H,6-7,11H2,1-2H3,(H,30,33)/t17-,21+/m1/s1. The second kappa shape index (κ2) is 8.00. The van der Waals surface area contributed by atoms with E-state index in [1.54, 1.807) is 32.0 Å². The summed E-state index contributed by atoms with van der Waals surface area (Å²) in [5.41, 5.74) is -3.39. The highest BCUT2D eigenvalue weighted by Crippen LogP contribution is 2.44. The topological polar surface area (TPSA) is 58.6 Å². The zero-order chi connectivity index (χ0) is 25.1. The van der Waals surface area contributed by atoms with Gasteiger partial charge in [-0.25, -0.2) is 0 Å². The number of rotatable bonds is 3. The van der Waals surface area contributed by atoms with Gasteiger partial charge in [-0.2, -0.15) is 26.3 Å². The number of hydrogen-bond acceptors (Lipinski definition) is 3. The van der Waals surface area contributed by atoms with Crippen LogP contribution in [-0.2, 0) is 26.7 Å². The average Bonchev–Trinajstić information content (AvgIpc) is 3.26. The number of para-hydroxylation sites is 1. The van der Waals surface area contributed by atoms with Gasteiger partial charge in [0.05, 0.1) is 23.6 Å². The predicted molar refractivity (Wildman–Crippen MR) is 110 cm³/mol. The number of carbonyl (C=O) groups is 2. The van der Waals surface area contributed by atoms with Crippen LogP contribution in [0, 0.1) is 19.8 Å². The van der Waals surface area contributed by atoms with Gasteiger partial charge in [0, 0.05) is 18.0 Å². The van der Waals surface area contributed by atoms with E-state index in [9.17, 15) is 35.9 Å². The van der Waals surface area contributed by atoms with E-state index in [0.29, 0.717) is 17.8 Å². The Hall–Kier alpha value is -3.08. The molecule has 2 aromatic rings. The number of halogens is 6. The molecule has 0 bridgehead atoms. The van der Waals surface area contributed by atoms with Crippen molar-refractivity contribution in [1.82, 2.24) is 0 Å². The van der Waals surface area contributed by atoms with E-state index < -0.39 is 46.6 Å². The highest BCUT2D eigenvalue weighted by molar-refractivity contribution is 6.10. The summed E-state index contributed by atoms with van der Waals surface area (Å²) in [6.45, 7) is 3.43. The van der Waals surface area contributed by atoms with Crippen LogP contribution in [0.15, 0.2) is 36.4 Å². The van der Waals surface area contributed by atoms with Crippen LogP contribution in [0.2, 0.25) is 0 Å². The number of alkyl halides is 6. The quantitative estimate of drug-likeness (QED) is 0.615. The molecule has 182 valence electrons. The molecule has 2 saturated heterocycles. The lowest BCUT2D eigenvalue weighted by Crippen LogP contribution is -2.49. The zero-order valence-corrected chi connectivity index (χ0v) is 18.1. The summed E-state index contributed by atoms with van der Waals surface area (Å²) < 4.78 is 84.9. The number of aryl methyl sites for hydroxylation is 2. The maximum Gasteiger partial charge on any atom is 0.416 e. The van der Waals surface area contributed by atoms with Gasteiger partial charge in [0.15, 0.2) is 5.60 Å². The molecule has 0 spiro atoms. The lowest BCUT2D eigenvalue weighted by atomic mass is 9.89. The lowest BCUT2D eigenvalue weighted by Gasteiger charge is -2.27. The molecule has 2 fully saturated rings. The number of benzene rings is 2. The normalized spacial score (nSPS) is 22.8. The summed E-state index contributed by atoms with van der Waals surface area (Å²) in [6, 6.07) is 6.21. The largest absolute Gasteiger partial charge is 0.416 e. The Morgan fingerprint density at radius 1 is 1.03 bits per heavy atom. The van der Waals surface area contributed by atoms with Crippen LogP contribution in [0.3, 0.4) is 0 Å². The molecular weight excluding hydrogens is 466 g/mol. The molecule has 11 heteroatoms. The third kappa shape index (κ3) is 4.02. The third-order valence-corrected chi connectivity index (χ3v) is 6.23. The van der Waals surface area contributed by atoms with Crippen LogP contribution in [0.1, 0.15) is 28.7 Å². The molecule has 1 N–H and O–H groups in total. The molecule has 2 heterocycles. The van der Waals surface area contributed by atoms with Crippen molar-refractivity contribution >= 4 is 23.2 Å². The highest BCUT2D eigenvalue weighted by Gasteiger charge is 2.61. The Morgan fingerprint density at radius 3 is 2.12 bits per heavy atom. The van der Waals surface area contributed by atoms with Crippen molar-refractivity contribution in [2.45, 2.75) is 38.2 Å². The van der Waals surface area contributed by atoms with Gasteiger partial charge in [0.2, 0.25) is 5.91 Å². The van der Waals surface area contributed by atoms with Crippen LogP contribution in [-0.4, -0.2) is 30.6 Å². The fraction of sp³-hybridized carbons (Fsp3) is 0.391. The number of nitrogens with one attached hydrogen (secondary N) is 1. The summed E-state index contributed by atoms with van der Waals surface area (Å²) in [5.74, 6) is -2.27. The van der Waals surface area contributed by atoms with Gasteiger partial charge in [0.1, 0.15) is 0 Å². The molecule has 0 aromatic heterocycles. The number of hydrogen-bond donors (Lipinski definition) is 1. The van der Waals surface area contributed by atoms with Crippen molar-refractivity contribution in [3.8, 4) is 0 Å². The minimum Gasteiger partial charge on any atom is -0.362 e. The Morgan fingerprint density at radius 2 is 1.59 bits per heavy atom. The molecular formula is C23H20F6N2O3. The number of amides is 2. The van der Waals surface area contributed by atoms with E-state index in [0.717, 1.165) is 11.1 Å². The van der Waals surface area contributed by atoms with Crippen LogP contribution < -0.4 is 10.2 Å². The Balaban J connectivity index is 1.70. The molecule has 0 saturated carbocycles. The number of nitrogens with zero attached hydrogens (tertiary/aromatic N) is 1. The van der Waals surface area contributed by atoms with Crippen molar-refractivity contribution in [2.24, 2.45) is 5.92 Å². The molecule has 0 unspecified atom stereocenters. The van der Waals surface area contributed by atoms with Crippen LogP contribution in [0.4, 0.5) is 37.7 Å². The summed E-state index contributed by atoms with van der Waals surface area (Å²) in [4.78, 5) is 27.9. The molecule has 4 rings (SSSR count). The van der Waals surface area contributed by atoms with Gasteiger partial charge in [-0.05, 0) is 49.6 Å². The highest BCUT2D eigenvalue weighted by atomic mass is 19.4. The van der Waals surface area contributed by atoms with Gasteiger partial charge in [-0.3, -0.25) is 9.59 Å². The van der Waals surface area contributed by atoms with E-state index in [1.807, 2.05) is 0 Å². The molecule has 5 nitrogen and oxygen atoms in total. The van der Waals surface area contributed by atoms with Gasteiger partial charge < -0.3 is 15.0 Å². The predicted octanol–water partition coefficient (Wildman–Crippen LogP) is 5.10. The van der Waals surface area contributed by atoms with Crippen molar-refractivity contribution < 1.29 is 40.7 Å².